The van der Waals surface area contributed by atoms with Crippen LogP contribution in [0.25, 0.3) is 0 Å². The fraction of sp³-hybridized carbons (Fsp3) is 0.600. The molecule has 0 saturated carbocycles. The molecule has 28 heavy (non-hydrogen) atoms. The van der Waals surface area contributed by atoms with Gasteiger partial charge in [-0.15, -0.1) is 0 Å². The molecule has 0 atom stereocenters. The highest BCUT2D eigenvalue weighted by atomic mass is 15.3. The summed E-state index contributed by atoms with van der Waals surface area (Å²) < 4.78 is 0. The Morgan fingerprint density at radius 2 is 1.29 bits per heavy atom. The first-order valence-corrected chi connectivity index (χ1v) is 10.2. The average Bonchev–Trinajstić information content (AvgIpc) is 2.74. The van der Waals surface area contributed by atoms with Gasteiger partial charge in [0.25, 0.3) is 0 Å². The van der Waals surface area contributed by atoms with Gasteiger partial charge >= 0.3 is 0 Å². The van der Waals surface area contributed by atoms with Gasteiger partial charge in [0.05, 0.1) is 0 Å². The van der Waals surface area contributed by atoms with Crippen LogP contribution < -0.4 is 19.6 Å². The first-order chi connectivity index (χ1) is 13.6. The Morgan fingerprint density at radius 3 is 1.89 bits per heavy atom. The van der Waals surface area contributed by atoms with Crippen LogP contribution in [0.5, 0.6) is 0 Å². The molecule has 4 rings (SSSR count). The van der Waals surface area contributed by atoms with E-state index in [0.29, 0.717) is 0 Å². The summed E-state index contributed by atoms with van der Waals surface area (Å²) >= 11 is 0. The first kappa shape index (κ1) is 18.7. The normalized spacial score (nSPS) is 17.8. The highest BCUT2D eigenvalue weighted by Gasteiger charge is 2.22. The van der Waals surface area contributed by atoms with E-state index < -0.39 is 0 Å². The molecule has 8 nitrogen and oxygen atoms in total. The zero-order chi connectivity index (χ0) is 19.5. The van der Waals surface area contributed by atoms with Crippen LogP contribution in [0.15, 0.2) is 18.5 Å². The maximum Gasteiger partial charge on any atom is 0.134 e. The number of piperidine rings is 1. The van der Waals surface area contributed by atoms with E-state index in [9.17, 15) is 0 Å². The Bertz CT molecular complexity index is 795. The van der Waals surface area contributed by atoms with Gasteiger partial charge in [-0.1, -0.05) is 0 Å². The molecule has 0 aromatic carbocycles. The van der Waals surface area contributed by atoms with E-state index in [-0.39, 0.29) is 0 Å². The van der Waals surface area contributed by atoms with E-state index in [4.69, 9.17) is 9.97 Å². The summed E-state index contributed by atoms with van der Waals surface area (Å²) in [6.45, 7) is 7.90. The highest BCUT2D eigenvalue weighted by Crippen LogP contribution is 2.24. The van der Waals surface area contributed by atoms with Crippen molar-refractivity contribution in [1.82, 2.24) is 19.9 Å². The Balaban J connectivity index is 1.45. The van der Waals surface area contributed by atoms with Crippen molar-refractivity contribution in [2.45, 2.75) is 26.2 Å². The molecule has 0 spiro atoms. The SMILES string of the molecule is Cc1nc(N2CCCCC2)cc(N2CCN(c3cc(N(C)C)ncn3)CC2)n1. The molecule has 4 heterocycles. The van der Waals surface area contributed by atoms with E-state index in [1.165, 1.54) is 19.3 Å². The largest absolute Gasteiger partial charge is 0.363 e. The van der Waals surface area contributed by atoms with Crippen LogP contribution in [0, 0.1) is 6.92 Å². The van der Waals surface area contributed by atoms with Crippen molar-refractivity contribution < 1.29 is 0 Å². The quantitative estimate of drug-likeness (QED) is 0.795. The van der Waals surface area contributed by atoms with Crippen molar-refractivity contribution in [3.05, 3.63) is 24.3 Å². The number of hydrogen-bond acceptors (Lipinski definition) is 8. The summed E-state index contributed by atoms with van der Waals surface area (Å²) in [7, 11) is 4.00. The minimum Gasteiger partial charge on any atom is -0.363 e. The van der Waals surface area contributed by atoms with Gasteiger partial charge in [-0.25, -0.2) is 19.9 Å². The molecule has 0 unspecified atom stereocenters. The lowest BCUT2D eigenvalue weighted by atomic mass is 10.1. The Hall–Kier alpha value is -2.64. The Morgan fingerprint density at radius 1 is 0.714 bits per heavy atom. The van der Waals surface area contributed by atoms with Gasteiger partial charge in [0.1, 0.15) is 35.4 Å². The molecule has 150 valence electrons. The van der Waals surface area contributed by atoms with Crippen LogP contribution in [0.3, 0.4) is 0 Å². The maximum absolute atomic E-state index is 4.72. The maximum atomic E-state index is 4.72. The summed E-state index contributed by atoms with van der Waals surface area (Å²) in [5.74, 6) is 4.91. The topological polar surface area (TPSA) is 64.5 Å². The van der Waals surface area contributed by atoms with E-state index in [1.807, 2.05) is 25.9 Å². The second kappa shape index (κ2) is 8.16. The molecular weight excluding hydrogens is 352 g/mol. The van der Waals surface area contributed by atoms with Gasteiger partial charge in [0, 0.05) is 65.5 Å². The molecule has 8 heteroatoms. The molecule has 0 amide bonds. The van der Waals surface area contributed by atoms with E-state index in [2.05, 4.69) is 36.8 Å². The lowest BCUT2D eigenvalue weighted by molar-refractivity contribution is 0.572. The Labute approximate surface area is 167 Å². The third kappa shape index (κ3) is 4.10. The lowest BCUT2D eigenvalue weighted by Crippen LogP contribution is -2.47. The summed E-state index contributed by atoms with van der Waals surface area (Å²) in [6, 6.07) is 4.22. The molecule has 2 aliphatic rings. The zero-order valence-electron chi connectivity index (χ0n) is 17.2. The summed E-state index contributed by atoms with van der Waals surface area (Å²) in [4.78, 5) is 27.3. The third-order valence-corrected chi connectivity index (χ3v) is 5.52. The number of anilines is 4. The number of nitrogens with zero attached hydrogens (tertiary/aromatic N) is 8. The predicted molar refractivity (Wildman–Crippen MR) is 114 cm³/mol. The second-order valence-electron chi connectivity index (χ2n) is 7.78. The molecule has 0 aliphatic carbocycles. The molecule has 0 bridgehead atoms. The number of aromatic nitrogens is 4. The average molecular weight is 383 g/mol. The zero-order valence-corrected chi connectivity index (χ0v) is 17.2. The smallest absolute Gasteiger partial charge is 0.134 e. The number of hydrogen-bond donors (Lipinski definition) is 0. The lowest BCUT2D eigenvalue weighted by Gasteiger charge is -2.36. The molecule has 0 radical (unpaired) electrons. The summed E-state index contributed by atoms with van der Waals surface area (Å²) in [5, 5.41) is 0. The van der Waals surface area contributed by atoms with Crippen molar-refractivity contribution >= 4 is 23.3 Å². The third-order valence-electron chi connectivity index (χ3n) is 5.52. The van der Waals surface area contributed by atoms with Crippen molar-refractivity contribution in [3.8, 4) is 0 Å². The molecular formula is C20H30N8. The summed E-state index contributed by atoms with van der Waals surface area (Å²) in [5.41, 5.74) is 0. The van der Waals surface area contributed by atoms with Crippen LogP contribution >= 0.6 is 0 Å². The monoisotopic (exact) mass is 382 g/mol. The van der Waals surface area contributed by atoms with Gasteiger partial charge < -0.3 is 19.6 Å². The van der Waals surface area contributed by atoms with Crippen LogP contribution in [-0.2, 0) is 0 Å². The molecule has 2 aromatic rings. The molecule has 2 fully saturated rings. The van der Waals surface area contributed by atoms with Crippen LogP contribution in [0.4, 0.5) is 23.3 Å². The summed E-state index contributed by atoms with van der Waals surface area (Å²) in [6.07, 6.45) is 5.49. The van der Waals surface area contributed by atoms with Crippen LogP contribution in [0.1, 0.15) is 25.1 Å². The minimum absolute atomic E-state index is 0.854. The number of piperazine rings is 1. The van der Waals surface area contributed by atoms with E-state index >= 15 is 0 Å². The van der Waals surface area contributed by atoms with Crippen molar-refractivity contribution in [1.29, 1.82) is 0 Å². The van der Waals surface area contributed by atoms with Crippen LogP contribution in [0.2, 0.25) is 0 Å². The fourth-order valence-electron chi connectivity index (χ4n) is 3.90. The fourth-order valence-corrected chi connectivity index (χ4v) is 3.90. The first-order valence-electron chi connectivity index (χ1n) is 10.2. The second-order valence-corrected chi connectivity index (χ2v) is 7.78. The van der Waals surface area contributed by atoms with Crippen molar-refractivity contribution in [3.63, 3.8) is 0 Å². The number of rotatable bonds is 4. The van der Waals surface area contributed by atoms with Gasteiger partial charge in [0.15, 0.2) is 0 Å². The Kier molecular flexibility index (Phi) is 5.45. The number of aryl methyl sites for hydroxylation is 1. The van der Waals surface area contributed by atoms with Crippen molar-refractivity contribution in [2.24, 2.45) is 0 Å². The van der Waals surface area contributed by atoms with Gasteiger partial charge in [-0.3, -0.25) is 0 Å². The molecule has 0 N–H and O–H groups in total. The van der Waals surface area contributed by atoms with Gasteiger partial charge in [-0.2, -0.15) is 0 Å². The van der Waals surface area contributed by atoms with E-state index in [0.717, 1.165) is 68.4 Å². The van der Waals surface area contributed by atoms with Gasteiger partial charge in [-0.05, 0) is 26.2 Å². The van der Waals surface area contributed by atoms with Crippen molar-refractivity contribution in [2.75, 3.05) is 73.0 Å². The molecule has 2 aromatic heterocycles. The van der Waals surface area contributed by atoms with Crippen LogP contribution in [-0.4, -0.2) is 73.3 Å². The predicted octanol–water partition coefficient (Wildman–Crippen LogP) is 1.96. The van der Waals surface area contributed by atoms with E-state index in [1.54, 1.807) is 6.33 Å². The minimum atomic E-state index is 0.854. The molecule has 2 aliphatic heterocycles. The highest BCUT2D eigenvalue weighted by molar-refractivity contribution is 5.54. The molecule has 2 saturated heterocycles. The standard InChI is InChI=1S/C20H30N8/c1-16-23-19(26-7-5-4-6-8-26)14-20(24-16)28-11-9-27(10-12-28)18-13-17(25(2)3)21-15-22-18/h13-15H,4-12H2,1-3H3. The van der Waals surface area contributed by atoms with Gasteiger partial charge in [0.2, 0.25) is 0 Å².